The number of aliphatic hydroxyl groups excluding tert-OH is 1. The van der Waals surface area contributed by atoms with E-state index in [-0.39, 0.29) is 4.90 Å². The normalized spacial score (nSPS) is 15.4. The van der Waals surface area contributed by atoms with Crippen molar-refractivity contribution in [3.8, 4) is 22.8 Å². The Morgan fingerprint density at radius 2 is 1.63 bits per heavy atom. The maximum Gasteiger partial charge on any atom is 0.243 e. The standard InChI is InChI=1S/C28H26N6O4S3/c35-26(21-7-11-23(12-8-21)38-22-5-2-1-3-6-22)27-29-28(40-31-27)33-15-4-16-34(18-17-33)41(36,37)24-13-9-20(10-14-24)25-19-39-32-30-25/h1-3,5-14,19,26,35H,4,15-18H2. The maximum absolute atomic E-state index is 13.4. The molecule has 1 unspecified atom stereocenters. The third-order valence-electron chi connectivity index (χ3n) is 6.72. The Kier molecular flexibility index (Phi) is 8.03. The minimum Gasteiger partial charge on any atom is -0.457 e. The van der Waals surface area contributed by atoms with Gasteiger partial charge in [-0.05, 0) is 59.9 Å². The summed E-state index contributed by atoms with van der Waals surface area (Å²) in [4.78, 5) is 6.87. The summed E-state index contributed by atoms with van der Waals surface area (Å²) < 4.78 is 42.3. The number of para-hydroxylation sites is 1. The molecule has 41 heavy (non-hydrogen) atoms. The highest BCUT2D eigenvalue weighted by molar-refractivity contribution is 7.89. The summed E-state index contributed by atoms with van der Waals surface area (Å²) >= 11 is 2.45. The van der Waals surface area contributed by atoms with Gasteiger partial charge in [-0.1, -0.05) is 47.0 Å². The first-order chi connectivity index (χ1) is 20.0. The van der Waals surface area contributed by atoms with Crippen molar-refractivity contribution in [3.05, 3.63) is 95.6 Å². The molecule has 1 atom stereocenters. The molecule has 210 valence electrons. The van der Waals surface area contributed by atoms with Crippen LogP contribution in [0, 0.1) is 0 Å². The second kappa shape index (κ2) is 12.0. The second-order valence-corrected chi connectivity index (χ2v) is 12.7. The number of sulfonamides is 1. The molecule has 0 amide bonds. The summed E-state index contributed by atoms with van der Waals surface area (Å²) in [6.45, 7) is 1.83. The van der Waals surface area contributed by atoms with E-state index in [1.54, 1.807) is 48.5 Å². The first kappa shape index (κ1) is 27.4. The molecular formula is C28H26N6O4S3. The van der Waals surface area contributed by atoms with E-state index in [1.165, 1.54) is 27.4 Å². The zero-order valence-corrected chi connectivity index (χ0v) is 24.2. The van der Waals surface area contributed by atoms with Crippen LogP contribution in [0.1, 0.15) is 23.9 Å². The van der Waals surface area contributed by atoms with Crippen LogP contribution in [-0.2, 0) is 10.0 Å². The van der Waals surface area contributed by atoms with Gasteiger partial charge >= 0.3 is 0 Å². The fraction of sp³-hybridized carbons (Fsp3) is 0.214. The van der Waals surface area contributed by atoms with Crippen LogP contribution in [0.25, 0.3) is 11.3 Å². The highest BCUT2D eigenvalue weighted by atomic mass is 32.2. The zero-order valence-electron chi connectivity index (χ0n) is 21.8. The first-order valence-electron chi connectivity index (χ1n) is 12.9. The molecule has 0 aliphatic carbocycles. The maximum atomic E-state index is 13.4. The van der Waals surface area contributed by atoms with Gasteiger partial charge in [0.1, 0.15) is 23.3 Å². The molecule has 0 radical (unpaired) electrons. The van der Waals surface area contributed by atoms with Crippen molar-refractivity contribution in [2.45, 2.75) is 17.4 Å². The molecule has 2 aromatic heterocycles. The van der Waals surface area contributed by atoms with Crippen molar-refractivity contribution in [2.24, 2.45) is 0 Å². The molecule has 13 heteroatoms. The zero-order chi connectivity index (χ0) is 28.2. The van der Waals surface area contributed by atoms with E-state index in [0.29, 0.717) is 54.9 Å². The fourth-order valence-electron chi connectivity index (χ4n) is 4.52. The third kappa shape index (κ3) is 6.14. The third-order valence-corrected chi connectivity index (χ3v) is 9.93. The van der Waals surface area contributed by atoms with Gasteiger partial charge < -0.3 is 14.7 Å². The molecule has 1 N–H and O–H groups in total. The Balaban J connectivity index is 1.09. The smallest absolute Gasteiger partial charge is 0.243 e. The van der Waals surface area contributed by atoms with Gasteiger partial charge in [0.2, 0.25) is 15.2 Å². The number of hydrogen-bond donors (Lipinski definition) is 1. The number of aliphatic hydroxyl groups is 1. The Morgan fingerprint density at radius 1 is 0.878 bits per heavy atom. The minimum absolute atomic E-state index is 0.249. The predicted molar refractivity (Wildman–Crippen MR) is 158 cm³/mol. The summed E-state index contributed by atoms with van der Waals surface area (Å²) in [5.74, 6) is 1.71. The number of hydrogen-bond acceptors (Lipinski definition) is 11. The number of nitrogens with zero attached hydrogens (tertiary/aromatic N) is 6. The van der Waals surface area contributed by atoms with E-state index in [1.807, 2.05) is 40.6 Å². The first-order valence-corrected chi connectivity index (χ1v) is 16.0. The lowest BCUT2D eigenvalue weighted by Gasteiger charge is -2.21. The molecule has 1 aliphatic heterocycles. The van der Waals surface area contributed by atoms with Crippen molar-refractivity contribution in [2.75, 3.05) is 31.1 Å². The summed E-state index contributed by atoms with van der Waals surface area (Å²) in [7, 11) is -3.65. The summed E-state index contributed by atoms with van der Waals surface area (Å²) in [6, 6.07) is 23.4. The molecule has 0 spiro atoms. The monoisotopic (exact) mass is 606 g/mol. The summed E-state index contributed by atoms with van der Waals surface area (Å²) in [6.07, 6.45) is -0.347. The van der Waals surface area contributed by atoms with Gasteiger partial charge in [-0.25, -0.2) is 13.4 Å². The van der Waals surface area contributed by atoms with E-state index in [2.05, 4.69) is 18.9 Å². The van der Waals surface area contributed by atoms with Crippen LogP contribution in [0.15, 0.2) is 89.1 Å². The van der Waals surface area contributed by atoms with Crippen LogP contribution in [0.5, 0.6) is 11.5 Å². The van der Waals surface area contributed by atoms with Gasteiger partial charge in [-0.3, -0.25) is 0 Å². The van der Waals surface area contributed by atoms with Crippen molar-refractivity contribution in [3.63, 3.8) is 0 Å². The van der Waals surface area contributed by atoms with E-state index in [4.69, 9.17) is 4.74 Å². The number of aromatic nitrogens is 4. The lowest BCUT2D eigenvalue weighted by molar-refractivity contribution is 0.211. The molecule has 1 fully saturated rings. The molecule has 1 saturated heterocycles. The van der Waals surface area contributed by atoms with Crippen LogP contribution >= 0.6 is 23.1 Å². The number of anilines is 1. The number of rotatable bonds is 8. The fourth-order valence-corrected chi connectivity index (χ4v) is 7.20. The molecule has 6 rings (SSSR count). The Morgan fingerprint density at radius 3 is 2.37 bits per heavy atom. The Hall–Kier alpha value is -3.75. The van der Waals surface area contributed by atoms with Crippen LogP contribution in [0.2, 0.25) is 0 Å². The molecule has 0 saturated carbocycles. The molecule has 10 nitrogen and oxygen atoms in total. The average molecular weight is 607 g/mol. The van der Waals surface area contributed by atoms with E-state index < -0.39 is 16.1 Å². The molecule has 5 aromatic rings. The highest BCUT2D eigenvalue weighted by Crippen LogP contribution is 2.29. The molecule has 3 heterocycles. The topological polar surface area (TPSA) is 122 Å². The SMILES string of the molecule is O=S(=O)(c1ccc(-c2csnn2)cc1)N1CCCN(c2nc(C(O)c3ccc(Oc4ccccc4)cc3)ns2)CC1. The van der Waals surface area contributed by atoms with Crippen molar-refractivity contribution < 1.29 is 18.3 Å². The Bertz CT molecular complexity index is 1680. The van der Waals surface area contributed by atoms with Gasteiger partial charge in [-0.2, -0.15) is 8.68 Å². The largest absolute Gasteiger partial charge is 0.457 e. The lowest BCUT2D eigenvalue weighted by Crippen LogP contribution is -2.35. The van der Waals surface area contributed by atoms with E-state index in [0.717, 1.165) is 17.0 Å². The van der Waals surface area contributed by atoms with Crippen LogP contribution in [-0.4, -0.2) is 63.0 Å². The van der Waals surface area contributed by atoms with Gasteiger partial charge in [0.25, 0.3) is 0 Å². The molecule has 0 bridgehead atoms. The highest BCUT2D eigenvalue weighted by Gasteiger charge is 2.28. The lowest BCUT2D eigenvalue weighted by atomic mass is 10.1. The van der Waals surface area contributed by atoms with Gasteiger partial charge in [0.05, 0.1) is 4.90 Å². The molecular weight excluding hydrogens is 581 g/mol. The van der Waals surface area contributed by atoms with Crippen LogP contribution < -0.4 is 9.64 Å². The molecule has 3 aromatic carbocycles. The quantitative estimate of drug-likeness (QED) is 0.265. The Labute approximate surface area is 245 Å². The van der Waals surface area contributed by atoms with Crippen molar-refractivity contribution in [1.82, 2.24) is 23.2 Å². The molecule has 1 aliphatic rings. The number of benzene rings is 3. The van der Waals surface area contributed by atoms with Gasteiger partial charge in [-0.15, -0.1) is 5.10 Å². The second-order valence-electron chi connectivity index (χ2n) is 9.38. The predicted octanol–water partition coefficient (Wildman–Crippen LogP) is 4.83. The van der Waals surface area contributed by atoms with E-state index in [9.17, 15) is 13.5 Å². The van der Waals surface area contributed by atoms with E-state index >= 15 is 0 Å². The average Bonchev–Trinajstić information content (AvgIpc) is 3.66. The van der Waals surface area contributed by atoms with Crippen molar-refractivity contribution >= 4 is 38.2 Å². The van der Waals surface area contributed by atoms with Crippen molar-refractivity contribution in [1.29, 1.82) is 0 Å². The summed E-state index contributed by atoms with van der Waals surface area (Å²) in [5.41, 5.74) is 2.20. The number of ether oxygens (including phenoxy) is 1. The van der Waals surface area contributed by atoms with Crippen LogP contribution in [0.3, 0.4) is 0 Å². The van der Waals surface area contributed by atoms with Crippen LogP contribution in [0.4, 0.5) is 5.13 Å². The van der Waals surface area contributed by atoms with Gasteiger partial charge in [0, 0.05) is 48.7 Å². The van der Waals surface area contributed by atoms with Gasteiger partial charge in [0.15, 0.2) is 5.82 Å². The summed E-state index contributed by atoms with van der Waals surface area (Å²) in [5, 5.41) is 17.4. The minimum atomic E-state index is -3.65.